The Morgan fingerprint density at radius 1 is 1.59 bits per heavy atom. The van der Waals surface area contributed by atoms with Gasteiger partial charge in [-0.2, -0.15) is 0 Å². The van der Waals surface area contributed by atoms with Gasteiger partial charge in [0.1, 0.15) is 6.04 Å². The molecule has 1 fully saturated rings. The topological polar surface area (TPSA) is 111 Å². The first-order valence-corrected chi connectivity index (χ1v) is 5.54. The van der Waals surface area contributed by atoms with Crippen LogP contribution in [-0.4, -0.2) is 32.0 Å². The lowest BCUT2D eigenvalue weighted by Gasteiger charge is -2.13. The van der Waals surface area contributed by atoms with E-state index in [2.05, 4.69) is 10.3 Å². The molecule has 1 aliphatic carbocycles. The number of nitrogens with two attached hydrogens (primary N) is 1. The fraction of sp³-hybridized carbons (Fsp3) is 0.600. The predicted octanol–water partition coefficient (Wildman–Crippen LogP) is 0.290. The average molecular weight is 238 g/mol. The fourth-order valence-electron chi connectivity index (χ4n) is 1.92. The van der Waals surface area contributed by atoms with E-state index in [0.717, 1.165) is 12.8 Å². The summed E-state index contributed by atoms with van der Waals surface area (Å²) >= 11 is 0. The second-order valence-corrected chi connectivity index (χ2v) is 4.17. The van der Waals surface area contributed by atoms with E-state index in [9.17, 15) is 9.59 Å². The van der Waals surface area contributed by atoms with Crippen LogP contribution in [0.4, 0.5) is 0 Å². The molecule has 0 aliphatic heterocycles. The third-order valence-electron chi connectivity index (χ3n) is 2.91. The van der Waals surface area contributed by atoms with Gasteiger partial charge in [0.2, 0.25) is 5.91 Å². The first kappa shape index (κ1) is 11.6. The number of amides is 1. The van der Waals surface area contributed by atoms with Crippen LogP contribution in [-0.2, 0) is 4.79 Å². The van der Waals surface area contributed by atoms with Crippen molar-refractivity contribution in [3.05, 3.63) is 11.4 Å². The lowest BCUT2D eigenvalue weighted by molar-refractivity contribution is -0.121. The summed E-state index contributed by atoms with van der Waals surface area (Å²) in [6.07, 6.45) is 2.28. The number of carbonyl (C=O) groups is 2. The molecule has 0 saturated heterocycles. The zero-order valence-corrected chi connectivity index (χ0v) is 9.46. The molecule has 0 spiro atoms. The smallest absolute Gasteiger partial charge is 0.358 e. The second kappa shape index (κ2) is 4.15. The summed E-state index contributed by atoms with van der Waals surface area (Å²) in [4.78, 5) is 22.3. The lowest BCUT2D eigenvalue weighted by atomic mass is 10.1. The summed E-state index contributed by atoms with van der Waals surface area (Å²) < 4.78 is 1.38. The number of nitrogens with zero attached hydrogens (tertiary/aromatic N) is 3. The minimum atomic E-state index is -1.11. The molecule has 0 aromatic carbocycles. The van der Waals surface area contributed by atoms with Gasteiger partial charge in [0.25, 0.3) is 0 Å². The molecule has 17 heavy (non-hydrogen) atoms. The summed E-state index contributed by atoms with van der Waals surface area (Å²) in [5.74, 6) is -1.49. The van der Waals surface area contributed by atoms with Crippen molar-refractivity contribution in [1.82, 2.24) is 15.0 Å². The number of carbonyl (C=O) groups excluding carboxylic acids is 1. The Morgan fingerprint density at radius 2 is 2.24 bits per heavy atom. The monoisotopic (exact) mass is 238 g/mol. The maximum Gasteiger partial charge on any atom is 0.358 e. The van der Waals surface area contributed by atoms with Crippen molar-refractivity contribution >= 4 is 11.9 Å². The molecule has 7 heteroatoms. The third kappa shape index (κ3) is 2.00. The third-order valence-corrected chi connectivity index (χ3v) is 2.91. The summed E-state index contributed by atoms with van der Waals surface area (Å²) in [5.41, 5.74) is 5.75. The number of aromatic nitrogens is 3. The highest BCUT2D eigenvalue weighted by Gasteiger charge is 2.36. The number of rotatable bonds is 5. The number of carboxylic acid groups (broad SMARTS) is 1. The van der Waals surface area contributed by atoms with Crippen LogP contribution in [0.2, 0.25) is 0 Å². The molecule has 3 N–H and O–H groups in total. The molecule has 92 valence electrons. The molecule has 1 unspecified atom stereocenters. The van der Waals surface area contributed by atoms with Crippen LogP contribution in [0.1, 0.15) is 54.3 Å². The largest absolute Gasteiger partial charge is 0.476 e. The minimum Gasteiger partial charge on any atom is -0.476 e. The van der Waals surface area contributed by atoms with Crippen LogP contribution in [0.25, 0.3) is 0 Å². The number of carboxylic acids is 1. The van der Waals surface area contributed by atoms with Crippen LogP contribution in [0.5, 0.6) is 0 Å². The molecule has 1 aromatic rings. The molecule has 1 amide bonds. The molecule has 0 radical (unpaired) electrons. The highest BCUT2D eigenvalue weighted by Crippen LogP contribution is 2.42. The number of aromatic carboxylic acids is 1. The van der Waals surface area contributed by atoms with Gasteiger partial charge in [0, 0.05) is 5.92 Å². The summed E-state index contributed by atoms with van der Waals surface area (Å²) in [6.45, 7) is 1.80. The first-order valence-electron chi connectivity index (χ1n) is 5.54. The number of primary amides is 1. The van der Waals surface area contributed by atoms with Crippen molar-refractivity contribution in [2.75, 3.05) is 0 Å². The average Bonchev–Trinajstić information content (AvgIpc) is 3.00. The molecule has 2 rings (SSSR count). The van der Waals surface area contributed by atoms with Crippen LogP contribution < -0.4 is 5.73 Å². The Kier molecular flexibility index (Phi) is 2.83. The van der Waals surface area contributed by atoms with Crippen molar-refractivity contribution in [3.63, 3.8) is 0 Å². The Labute approximate surface area is 97.6 Å². The quantitative estimate of drug-likeness (QED) is 0.765. The van der Waals surface area contributed by atoms with E-state index in [1.165, 1.54) is 4.68 Å². The molecule has 1 saturated carbocycles. The normalized spacial score (nSPS) is 16.8. The van der Waals surface area contributed by atoms with Crippen molar-refractivity contribution in [3.8, 4) is 0 Å². The van der Waals surface area contributed by atoms with E-state index in [1.807, 2.05) is 0 Å². The van der Waals surface area contributed by atoms with Crippen molar-refractivity contribution in [1.29, 1.82) is 0 Å². The highest BCUT2D eigenvalue weighted by atomic mass is 16.4. The van der Waals surface area contributed by atoms with Crippen molar-refractivity contribution < 1.29 is 14.7 Å². The van der Waals surface area contributed by atoms with Gasteiger partial charge < -0.3 is 10.8 Å². The van der Waals surface area contributed by atoms with Crippen LogP contribution in [0.3, 0.4) is 0 Å². The van der Waals surface area contributed by atoms with E-state index in [0.29, 0.717) is 12.1 Å². The van der Waals surface area contributed by atoms with Gasteiger partial charge in [-0.3, -0.25) is 4.79 Å². The molecular formula is C10H14N4O3. The van der Waals surface area contributed by atoms with Gasteiger partial charge in [-0.1, -0.05) is 12.1 Å². The van der Waals surface area contributed by atoms with Crippen LogP contribution >= 0.6 is 0 Å². The van der Waals surface area contributed by atoms with Gasteiger partial charge in [-0.05, 0) is 19.3 Å². The van der Waals surface area contributed by atoms with E-state index in [1.54, 1.807) is 6.92 Å². The molecule has 1 aromatic heterocycles. The van der Waals surface area contributed by atoms with Crippen LogP contribution in [0.15, 0.2) is 0 Å². The summed E-state index contributed by atoms with van der Waals surface area (Å²) in [5, 5.41) is 16.4. The SMILES string of the molecule is CCC(C(N)=O)n1nnc(C(=O)O)c1C1CC1. The van der Waals surface area contributed by atoms with E-state index in [4.69, 9.17) is 10.8 Å². The van der Waals surface area contributed by atoms with Crippen LogP contribution in [0, 0.1) is 0 Å². The molecule has 7 nitrogen and oxygen atoms in total. The molecule has 1 aliphatic rings. The van der Waals surface area contributed by atoms with E-state index < -0.39 is 17.9 Å². The summed E-state index contributed by atoms with van der Waals surface area (Å²) in [7, 11) is 0. The minimum absolute atomic E-state index is 0.0628. The predicted molar refractivity (Wildman–Crippen MR) is 57.5 cm³/mol. The van der Waals surface area contributed by atoms with Crippen molar-refractivity contribution in [2.45, 2.75) is 38.1 Å². The maximum absolute atomic E-state index is 11.3. The summed E-state index contributed by atoms with van der Waals surface area (Å²) in [6, 6.07) is -0.619. The van der Waals surface area contributed by atoms with Gasteiger partial charge in [-0.15, -0.1) is 5.10 Å². The Bertz CT molecular complexity index is 464. The number of hydrogen-bond donors (Lipinski definition) is 2. The van der Waals surface area contributed by atoms with Crippen molar-refractivity contribution in [2.24, 2.45) is 5.73 Å². The van der Waals surface area contributed by atoms with Gasteiger partial charge >= 0.3 is 5.97 Å². The molecule has 1 heterocycles. The zero-order valence-electron chi connectivity index (χ0n) is 9.46. The Balaban J connectivity index is 2.46. The molecule has 0 bridgehead atoms. The van der Waals surface area contributed by atoms with E-state index in [-0.39, 0.29) is 11.6 Å². The van der Waals surface area contributed by atoms with Gasteiger partial charge in [0.15, 0.2) is 5.69 Å². The molecule has 1 atom stereocenters. The lowest BCUT2D eigenvalue weighted by Crippen LogP contribution is -2.28. The Morgan fingerprint density at radius 3 is 2.65 bits per heavy atom. The molecular weight excluding hydrogens is 224 g/mol. The Hall–Kier alpha value is -1.92. The van der Waals surface area contributed by atoms with Gasteiger partial charge in [-0.25, -0.2) is 9.48 Å². The van der Waals surface area contributed by atoms with E-state index >= 15 is 0 Å². The fourth-order valence-corrected chi connectivity index (χ4v) is 1.92. The van der Waals surface area contributed by atoms with Gasteiger partial charge in [0.05, 0.1) is 5.69 Å². The highest BCUT2D eigenvalue weighted by molar-refractivity contribution is 5.87. The second-order valence-electron chi connectivity index (χ2n) is 4.17. The first-order chi connectivity index (χ1) is 8.06. The number of hydrogen-bond acceptors (Lipinski definition) is 4. The standard InChI is InChI=1S/C10H14N4O3/c1-2-6(9(11)15)14-8(5-3-4-5)7(10(16)17)12-13-14/h5-6H,2-4H2,1H3,(H2,11,15)(H,16,17). The maximum atomic E-state index is 11.3. The zero-order chi connectivity index (χ0) is 12.6.